The zero-order valence-corrected chi connectivity index (χ0v) is 15.1. The highest BCUT2D eigenvalue weighted by atomic mass is 32.2. The second-order valence-electron chi connectivity index (χ2n) is 6.36. The lowest BCUT2D eigenvalue weighted by atomic mass is 10.00. The van der Waals surface area contributed by atoms with Gasteiger partial charge in [-0.2, -0.15) is 0 Å². The number of carbonyl (C=O) groups excluding carboxylic acids is 2. The van der Waals surface area contributed by atoms with Crippen LogP contribution in [0.3, 0.4) is 0 Å². The van der Waals surface area contributed by atoms with Gasteiger partial charge in [-0.1, -0.05) is 6.92 Å². The van der Waals surface area contributed by atoms with Crippen LogP contribution in [0.5, 0.6) is 0 Å². The van der Waals surface area contributed by atoms with Crippen LogP contribution in [0.25, 0.3) is 0 Å². The molecule has 1 aromatic rings. The Bertz CT molecular complexity index is 584. The van der Waals surface area contributed by atoms with E-state index in [4.69, 9.17) is 0 Å². The molecule has 130 valence electrons. The van der Waals surface area contributed by atoms with Crippen molar-refractivity contribution in [1.82, 2.24) is 14.8 Å². The van der Waals surface area contributed by atoms with Gasteiger partial charge >= 0.3 is 0 Å². The zero-order valence-electron chi connectivity index (χ0n) is 14.2. The summed E-state index contributed by atoms with van der Waals surface area (Å²) in [6, 6.07) is 3.43. The number of amides is 2. The van der Waals surface area contributed by atoms with Crippen LogP contribution in [-0.4, -0.2) is 58.0 Å². The summed E-state index contributed by atoms with van der Waals surface area (Å²) >= 11 is 1.66. The van der Waals surface area contributed by atoms with Gasteiger partial charge in [-0.05, 0) is 50.0 Å². The minimum absolute atomic E-state index is 0.0622. The molecular weight excluding hydrogens is 322 g/mol. The Morgan fingerprint density at radius 3 is 2.58 bits per heavy atom. The van der Waals surface area contributed by atoms with Gasteiger partial charge in [-0.25, -0.2) is 4.98 Å². The lowest BCUT2D eigenvalue weighted by molar-refractivity contribution is -0.136. The molecule has 1 aromatic heterocycles. The third kappa shape index (κ3) is 3.74. The van der Waals surface area contributed by atoms with Gasteiger partial charge in [0.15, 0.2) is 0 Å². The van der Waals surface area contributed by atoms with Crippen molar-refractivity contribution < 1.29 is 9.59 Å². The molecule has 24 heavy (non-hydrogen) atoms. The molecule has 1 unspecified atom stereocenters. The molecule has 0 saturated carbocycles. The number of nitrogens with zero attached hydrogens (tertiary/aromatic N) is 3. The number of aromatic nitrogens is 1. The maximum Gasteiger partial charge on any atom is 0.256 e. The summed E-state index contributed by atoms with van der Waals surface area (Å²) in [6.45, 7) is 4.41. The first-order chi connectivity index (χ1) is 11.7. The van der Waals surface area contributed by atoms with Crippen molar-refractivity contribution in [3.05, 3.63) is 23.9 Å². The highest BCUT2D eigenvalue weighted by Crippen LogP contribution is 2.23. The molecule has 3 rings (SSSR count). The van der Waals surface area contributed by atoms with Gasteiger partial charge in [0.05, 0.1) is 10.6 Å². The van der Waals surface area contributed by atoms with Crippen LogP contribution in [0.4, 0.5) is 0 Å². The highest BCUT2D eigenvalue weighted by molar-refractivity contribution is 7.99. The summed E-state index contributed by atoms with van der Waals surface area (Å²) in [5.41, 5.74) is 0.580. The first-order valence-electron chi connectivity index (χ1n) is 8.89. The van der Waals surface area contributed by atoms with Crippen LogP contribution in [0, 0.1) is 0 Å². The van der Waals surface area contributed by atoms with E-state index in [2.05, 4.69) is 11.9 Å². The molecule has 2 aliphatic heterocycles. The fourth-order valence-electron chi connectivity index (χ4n) is 3.49. The molecule has 2 fully saturated rings. The summed E-state index contributed by atoms with van der Waals surface area (Å²) in [6.07, 6.45) is 6.55. The Hall–Kier alpha value is -1.56. The van der Waals surface area contributed by atoms with Crippen molar-refractivity contribution in [2.24, 2.45) is 0 Å². The second-order valence-corrected chi connectivity index (χ2v) is 7.64. The molecular formula is C18H25N3O2S. The number of likely N-dealkylation sites (tertiary alicyclic amines) is 2. The van der Waals surface area contributed by atoms with Crippen molar-refractivity contribution in [3.8, 4) is 0 Å². The quantitative estimate of drug-likeness (QED) is 0.786. The van der Waals surface area contributed by atoms with Crippen LogP contribution < -0.4 is 0 Å². The van der Waals surface area contributed by atoms with Gasteiger partial charge in [-0.3, -0.25) is 9.59 Å². The molecule has 3 heterocycles. The maximum atomic E-state index is 12.9. The van der Waals surface area contributed by atoms with E-state index in [1.807, 2.05) is 17.0 Å². The number of hydrogen-bond acceptors (Lipinski definition) is 4. The third-order valence-corrected chi connectivity index (χ3v) is 5.57. The van der Waals surface area contributed by atoms with Crippen molar-refractivity contribution in [3.63, 3.8) is 0 Å². The van der Waals surface area contributed by atoms with Gasteiger partial charge < -0.3 is 9.80 Å². The van der Waals surface area contributed by atoms with Crippen molar-refractivity contribution >= 4 is 23.6 Å². The standard InChI is InChI=1S/C18H25N3O2S/c1-2-24-16-9-8-14(13-19-16)17(22)21-12-4-3-7-15(21)18(23)20-10-5-6-11-20/h8-9,13,15H,2-7,10-12H2,1H3. The molecule has 0 aromatic carbocycles. The number of hydrogen-bond donors (Lipinski definition) is 0. The normalized spacial score (nSPS) is 21.1. The largest absolute Gasteiger partial charge is 0.341 e. The predicted molar refractivity (Wildman–Crippen MR) is 95.1 cm³/mol. The Balaban J connectivity index is 1.74. The summed E-state index contributed by atoms with van der Waals surface area (Å²) in [7, 11) is 0. The number of pyridine rings is 1. The zero-order chi connectivity index (χ0) is 16.9. The van der Waals surface area contributed by atoms with Gasteiger partial charge in [0, 0.05) is 25.8 Å². The minimum Gasteiger partial charge on any atom is -0.341 e. The molecule has 0 N–H and O–H groups in total. The Morgan fingerprint density at radius 1 is 1.17 bits per heavy atom. The van der Waals surface area contributed by atoms with E-state index >= 15 is 0 Å². The fraction of sp³-hybridized carbons (Fsp3) is 0.611. The van der Waals surface area contributed by atoms with Crippen LogP contribution >= 0.6 is 11.8 Å². The average molecular weight is 347 g/mol. The smallest absolute Gasteiger partial charge is 0.256 e. The monoisotopic (exact) mass is 347 g/mol. The molecule has 2 saturated heterocycles. The van der Waals surface area contributed by atoms with Gasteiger partial charge in [0.1, 0.15) is 6.04 Å². The SMILES string of the molecule is CCSc1ccc(C(=O)N2CCCCC2C(=O)N2CCCC2)cn1. The van der Waals surface area contributed by atoms with E-state index < -0.39 is 0 Å². The molecule has 6 heteroatoms. The second kappa shape index (κ2) is 8.01. The summed E-state index contributed by atoms with van der Waals surface area (Å²) in [4.78, 5) is 33.8. The third-order valence-electron chi connectivity index (χ3n) is 4.74. The molecule has 0 bridgehead atoms. The van der Waals surface area contributed by atoms with E-state index in [9.17, 15) is 9.59 Å². The molecule has 2 aliphatic rings. The number of rotatable bonds is 4. The first kappa shape index (κ1) is 17.3. The molecule has 0 aliphatic carbocycles. The van der Waals surface area contributed by atoms with Crippen LogP contribution in [-0.2, 0) is 4.79 Å². The summed E-state index contributed by atoms with van der Waals surface area (Å²) in [5, 5.41) is 0.928. The Kier molecular flexibility index (Phi) is 5.76. The Morgan fingerprint density at radius 2 is 1.92 bits per heavy atom. The van der Waals surface area contributed by atoms with Gasteiger partial charge in [0.25, 0.3) is 5.91 Å². The lowest BCUT2D eigenvalue weighted by Crippen LogP contribution is -2.52. The first-order valence-corrected chi connectivity index (χ1v) is 9.88. The Labute approximate surface area is 147 Å². The van der Waals surface area contributed by atoms with Crippen LogP contribution in [0.2, 0.25) is 0 Å². The van der Waals surface area contributed by atoms with Crippen LogP contribution in [0.15, 0.2) is 23.4 Å². The lowest BCUT2D eigenvalue weighted by Gasteiger charge is -2.36. The number of piperidine rings is 1. The maximum absolute atomic E-state index is 12.9. The minimum atomic E-state index is -0.297. The molecule has 1 atom stereocenters. The molecule has 2 amide bonds. The highest BCUT2D eigenvalue weighted by Gasteiger charge is 2.35. The number of thioether (sulfide) groups is 1. The molecule has 0 radical (unpaired) electrons. The van der Waals surface area contributed by atoms with Crippen molar-refractivity contribution in [1.29, 1.82) is 0 Å². The van der Waals surface area contributed by atoms with Gasteiger partial charge in [-0.15, -0.1) is 11.8 Å². The number of carbonyl (C=O) groups is 2. The van der Waals surface area contributed by atoms with E-state index in [0.717, 1.165) is 56.0 Å². The van der Waals surface area contributed by atoms with E-state index in [1.165, 1.54) is 0 Å². The van der Waals surface area contributed by atoms with E-state index in [-0.39, 0.29) is 17.9 Å². The van der Waals surface area contributed by atoms with E-state index in [1.54, 1.807) is 22.9 Å². The van der Waals surface area contributed by atoms with Crippen molar-refractivity contribution in [2.45, 2.75) is 50.1 Å². The van der Waals surface area contributed by atoms with Gasteiger partial charge in [0.2, 0.25) is 5.91 Å². The summed E-state index contributed by atoms with van der Waals surface area (Å²) in [5.74, 6) is 1.03. The average Bonchev–Trinajstić information content (AvgIpc) is 3.16. The topological polar surface area (TPSA) is 53.5 Å². The predicted octanol–water partition coefficient (Wildman–Crippen LogP) is 2.81. The van der Waals surface area contributed by atoms with Crippen LogP contribution in [0.1, 0.15) is 49.4 Å². The fourth-order valence-corrected chi connectivity index (χ4v) is 4.07. The summed E-state index contributed by atoms with van der Waals surface area (Å²) < 4.78 is 0. The van der Waals surface area contributed by atoms with E-state index in [0.29, 0.717) is 12.1 Å². The molecule has 0 spiro atoms. The van der Waals surface area contributed by atoms with Crippen molar-refractivity contribution in [2.75, 3.05) is 25.4 Å². The molecule has 5 nitrogen and oxygen atoms in total.